The lowest BCUT2D eigenvalue weighted by Gasteiger charge is -2.29. The summed E-state index contributed by atoms with van der Waals surface area (Å²) in [5.74, 6) is -0.385. The Morgan fingerprint density at radius 3 is 2.50 bits per heavy atom. The number of fused-ring (bicyclic) bond motifs is 2. The molecule has 0 spiro atoms. The molecule has 2 bridgehead atoms. The van der Waals surface area contributed by atoms with Crippen LogP contribution in [0.3, 0.4) is 0 Å². The molecule has 4 nitrogen and oxygen atoms in total. The summed E-state index contributed by atoms with van der Waals surface area (Å²) in [6.45, 7) is 1.57. The van der Waals surface area contributed by atoms with E-state index in [4.69, 9.17) is 0 Å². The molecular formula is C14H19FN2O2S. The lowest BCUT2D eigenvalue weighted by Crippen LogP contribution is -2.47. The first-order chi connectivity index (χ1) is 9.44. The second-order valence-electron chi connectivity index (χ2n) is 5.84. The Labute approximate surface area is 118 Å². The van der Waals surface area contributed by atoms with E-state index in [1.807, 2.05) is 0 Å². The van der Waals surface area contributed by atoms with Gasteiger partial charge in [0.05, 0.1) is 4.90 Å². The van der Waals surface area contributed by atoms with Crippen molar-refractivity contribution in [2.75, 3.05) is 0 Å². The maximum absolute atomic E-state index is 13.2. The van der Waals surface area contributed by atoms with Gasteiger partial charge in [-0.1, -0.05) is 0 Å². The van der Waals surface area contributed by atoms with Crippen LogP contribution in [0.5, 0.6) is 0 Å². The molecule has 0 amide bonds. The van der Waals surface area contributed by atoms with E-state index in [9.17, 15) is 12.8 Å². The molecule has 0 aromatic heterocycles. The van der Waals surface area contributed by atoms with Crippen LogP contribution in [0.25, 0.3) is 0 Å². The van der Waals surface area contributed by atoms with Crippen LogP contribution in [0.1, 0.15) is 31.2 Å². The van der Waals surface area contributed by atoms with Gasteiger partial charge in [0.2, 0.25) is 10.0 Å². The number of hydrogen-bond acceptors (Lipinski definition) is 3. The van der Waals surface area contributed by atoms with Gasteiger partial charge in [-0.15, -0.1) is 0 Å². The number of benzene rings is 1. The van der Waals surface area contributed by atoms with Gasteiger partial charge < -0.3 is 5.32 Å². The molecule has 3 rings (SSSR count). The molecule has 2 atom stereocenters. The van der Waals surface area contributed by atoms with Crippen molar-refractivity contribution < 1.29 is 12.8 Å². The molecule has 2 heterocycles. The summed E-state index contributed by atoms with van der Waals surface area (Å²) in [5, 5.41) is 3.48. The van der Waals surface area contributed by atoms with Crippen molar-refractivity contribution in [2.45, 2.75) is 55.6 Å². The highest BCUT2D eigenvalue weighted by Crippen LogP contribution is 2.27. The van der Waals surface area contributed by atoms with Gasteiger partial charge >= 0.3 is 0 Å². The number of hydrogen-bond donors (Lipinski definition) is 2. The zero-order valence-electron chi connectivity index (χ0n) is 11.4. The number of nitrogens with one attached hydrogen (secondary N) is 2. The van der Waals surface area contributed by atoms with Crippen LogP contribution in [0.2, 0.25) is 0 Å². The molecule has 2 unspecified atom stereocenters. The molecule has 6 heteroatoms. The van der Waals surface area contributed by atoms with Gasteiger partial charge in [-0.3, -0.25) is 0 Å². The maximum atomic E-state index is 13.2. The quantitative estimate of drug-likeness (QED) is 0.893. The first-order valence-corrected chi connectivity index (χ1v) is 8.47. The third-order valence-corrected chi connectivity index (χ3v) is 5.75. The average molecular weight is 298 g/mol. The van der Waals surface area contributed by atoms with Crippen molar-refractivity contribution in [3.63, 3.8) is 0 Å². The summed E-state index contributed by atoms with van der Waals surface area (Å²) in [7, 11) is -3.56. The van der Waals surface area contributed by atoms with Crippen molar-refractivity contribution in [2.24, 2.45) is 0 Å². The van der Waals surface area contributed by atoms with E-state index in [1.54, 1.807) is 6.92 Å². The summed E-state index contributed by atoms with van der Waals surface area (Å²) < 4.78 is 40.7. The van der Waals surface area contributed by atoms with Gasteiger partial charge in [0, 0.05) is 18.1 Å². The third kappa shape index (κ3) is 2.73. The van der Waals surface area contributed by atoms with E-state index in [2.05, 4.69) is 10.0 Å². The predicted octanol–water partition coefficient (Wildman–Crippen LogP) is 1.70. The Hall–Kier alpha value is -0.980. The molecule has 2 aliphatic heterocycles. The Bertz CT molecular complexity index is 606. The summed E-state index contributed by atoms with van der Waals surface area (Å²) in [6.07, 6.45) is 3.91. The lowest BCUT2D eigenvalue weighted by molar-refractivity contribution is 0.345. The van der Waals surface area contributed by atoms with Crippen molar-refractivity contribution >= 4 is 10.0 Å². The second kappa shape index (κ2) is 5.09. The summed E-state index contributed by atoms with van der Waals surface area (Å²) >= 11 is 0. The highest BCUT2D eigenvalue weighted by atomic mass is 32.2. The molecular weight excluding hydrogens is 279 g/mol. The minimum absolute atomic E-state index is 0.0240. The lowest BCUT2D eigenvalue weighted by atomic mass is 10.0. The molecule has 2 saturated heterocycles. The standard InChI is InChI=1S/C14H19FN2O2S/c1-9-6-13(4-5-14(9)15)20(18,19)17-12-7-10-2-3-11(8-12)16-10/h4-6,10-12,16-17H,2-3,7-8H2,1H3. The molecule has 1 aromatic rings. The van der Waals surface area contributed by atoms with Crippen LogP contribution < -0.4 is 10.0 Å². The predicted molar refractivity (Wildman–Crippen MR) is 74.4 cm³/mol. The first kappa shape index (κ1) is 14.0. The number of aryl methyl sites for hydroxylation is 1. The summed E-state index contributed by atoms with van der Waals surface area (Å²) in [6, 6.07) is 4.74. The molecule has 0 aliphatic carbocycles. The number of piperidine rings is 1. The summed E-state index contributed by atoms with van der Waals surface area (Å²) in [5.41, 5.74) is 0.346. The number of rotatable bonds is 3. The Balaban J connectivity index is 1.76. The van der Waals surface area contributed by atoms with E-state index in [1.165, 1.54) is 18.2 Å². The van der Waals surface area contributed by atoms with E-state index < -0.39 is 10.0 Å². The first-order valence-electron chi connectivity index (χ1n) is 6.98. The smallest absolute Gasteiger partial charge is 0.240 e. The largest absolute Gasteiger partial charge is 0.311 e. The Morgan fingerprint density at radius 1 is 1.25 bits per heavy atom. The van der Waals surface area contributed by atoms with Crippen LogP contribution >= 0.6 is 0 Å². The summed E-state index contributed by atoms with van der Waals surface area (Å²) in [4.78, 5) is 0.141. The minimum Gasteiger partial charge on any atom is -0.311 e. The monoisotopic (exact) mass is 298 g/mol. The molecule has 2 aliphatic rings. The number of halogens is 1. The van der Waals surface area contributed by atoms with E-state index in [0.29, 0.717) is 17.6 Å². The fourth-order valence-corrected chi connectivity index (χ4v) is 4.57. The molecule has 20 heavy (non-hydrogen) atoms. The SMILES string of the molecule is Cc1cc(S(=O)(=O)NC2CC3CCC(C2)N3)ccc1F. The maximum Gasteiger partial charge on any atom is 0.240 e. The van der Waals surface area contributed by atoms with E-state index in [0.717, 1.165) is 25.7 Å². The number of sulfonamides is 1. The van der Waals surface area contributed by atoms with Crippen LogP contribution in [-0.2, 0) is 10.0 Å². The zero-order chi connectivity index (χ0) is 14.3. The zero-order valence-corrected chi connectivity index (χ0v) is 12.2. The van der Waals surface area contributed by atoms with Gasteiger partial charge in [-0.2, -0.15) is 0 Å². The second-order valence-corrected chi connectivity index (χ2v) is 7.55. The molecule has 1 aromatic carbocycles. The molecule has 0 radical (unpaired) electrons. The molecule has 110 valence electrons. The highest BCUT2D eigenvalue weighted by molar-refractivity contribution is 7.89. The minimum atomic E-state index is -3.56. The van der Waals surface area contributed by atoms with Crippen LogP contribution in [0.15, 0.2) is 23.1 Å². The van der Waals surface area contributed by atoms with Crippen LogP contribution in [0.4, 0.5) is 4.39 Å². The molecule has 0 saturated carbocycles. The van der Waals surface area contributed by atoms with E-state index >= 15 is 0 Å². The topological polar surface area (TPSA) is 58.2 Å². The van der Waals surface area contributed by atoms with Gasteiger partial charge in [0.25, 0.3) is 0 Å². The van der Waals surface area contributed by atoms with Crippen molar-refractivity contribution in [1.29, 1.82) is 0 Å². The van der Waals surface area contributed by atoms with Crippen molar-refractivity contribution in [3.8, 4) is 0 Å². The van der Waals surface area contributed by atoms with Crippen molar-refractivity contribution in [3.05, 3.63) is 29.6 Å². The van der Waals surface area contributed by atoms with Crippen LogP contribution in [0, 0.1) is 12.7 Å². The fraction of sp³-hybridized carbons (Fsp3) is 0.571. The van der Waals surface area contributed by atoms with Crippen molar-refractivity contribution in [1.82, 2.24) is 10.0 Å². The highest BCUT2D eigenvalue weighted by Gasteiger charge is 2.35. The molecule has 2 fully saturated rings. The Morgan fingerprint density at radius 2 is 1.90 bits per heavy atom. The van der Waals surface area contributed by atoms with Crippen LogP contribution in [-0.4, -0.2) is 26.5 Å². The molecule has 2 N–H and O–H groups in total. The fourth-order valence-electron chi connectivity index (χ4n) is 3.23. The van der Waals surface area contributed by atoms with Gasteiger partial charge in [-0.05, 0) is 56.4 Å². The Kier molecular flexibility index (Phi) is 3.56. The normalized spacial score (nSPS) is 29.6. The average Bonchev–Trinajstić information content (AvgIpc) is 2.71. The third-order valence-electron chi connectivity index (χ3n) is 4.23. The van der Waals surface area contributed by atoms with E-state index in [-0.39, 0.29) is 16.8 Å². The van der Waals surface area contributed by atoms with Gasteiger partial charge in [0.15, 0.2) is 0 Å². The van der Waals surface area contributed by atoms with Gasteiger partial charge in [-0.25, -0.2) is 17.5 Å². The van der Waals surface area contributed by atoms with Gasteiger partial charge in [0.1, 0.15) is 5.82 Å².